The van der Waals surface area contributed by atoms with E-state index in [2.05, 4.69) is 10.6 Å². The number of rotatable bonds is 13. The number of primary amides is 1. The number of carboxylic acid groups (broad SMARTS) is 1. The Hall–Kier alpha value is -2.77. The van der Waals surface area contributed by atoms with Gasteiger partial charge in [0.2, 0.25) is 23.6 Å². The molecule has 1 heterocycles. The van der Waals surface area contributed by atoms with Crippen molar-refractivity contribution in [1.29, 1.82) is 0 Å². The average Bonchev–Trinajstić information content (AvgIpc) is 3.20. The van der Waals surface area contributed by atoms with E-state index in [9.17, 15) is 29.1 Å². The summed E-state index contributed by atoms with van der Waals surface area (Å²) in [5.41, 5.74) is 16.1. The number of unbranched alkanes of at least 4 members (excludes halogenated alkanes) is 1. The lowest BCUT2D eigenvalue weighted by molar-refractivity contribution is -0.143. The van der Waals surface area contributed by atoms with Crippen LogP contribution in [0.5, 0.6) is 0 Å². The summed E-state index contributed by atoms with van der Waals surface area (Å²) in [5, 5.41) is 23.1. The monoisotopic (exact) mass is 444 g/mol. The number of carboxylic acids is 1. The number of aliphatic hydroxyl groups is 1. The van der Waals surface area contributed by atoms with Gasteiger partial charge in [-0.3, -0.25) is 19.2 Å². The normalized spacial score (nSPS) is 18.7. The van der Waals surface area contributed by atoms with E-state index < -0.39 is 66.8 Å². The van der Waals surface area contributed by atoms with Gasteiger partial charge in [0.15, 0.2) is 0 Å². The summed E-state index contributed by atoms with van der Waals surface area (Å²) in [6, 6.07) is -4.75. The molecule has 1 aliphatic rings. The fourth-order valence-corrected chi connectivity index (χ4v) is 3.30. The van der Waals surface area contributed by atoms with Crippen LogP contribution in [0.4, 0.5) is 0 Å². The summed E-state index contributed by atoms with van der Waals surface area (Å²) in [7, 11) is 0. The molecule has 1 aliphatic heterocycles. The van der Waals surface area contributed by atoms with Crippen molar-refractivity contribution in [3.63, 3.8) is 0 Å². The lowest BCUT2D eigenvalue weighted by Gasteiger charge is -2.28. The molecule has 0 aliphatic carbocycles. The van der Waals surface area contributed by atoms with Gasteiger partial charge in [0.1, 0.15) is 24.2 Å². The summed E-state index contributed by atoms with van der Waals surface area (Å²) in [5.74, 6) is -4.33. The van der Waals surface area contributed by atoms with Crippen LogP contribution in [-0.2, 0) is 24.0 Å². The molecule has 0 aromatic carbocycles. The molecule has 13 nitrogen and oxygen atoms in total. The molecule has 0 saturated carbocycles. The Kier molecular flexibility index (Phi) is 10.9. The van der Waals surface area contributed by atoms with Gasteiger partial charge in [0.05, 0.1) is 13.0 Å². The number of amides is 4. The molecular formula is C18H32N6O7. The minimum atomic E-state index is -1.41. The predicted octanol–water partition coefficient (Wildman–Crippen LogP) is -3.64. The van der Waals surface area contributed by atoms with Gasteiger partial charge in [0.25, 0.3) is 0 Å². The molecule has 1 saturated heterocycles. The lowest BCUT2D eigenvalue weighted by Crippen LogP contribution is -2.57. The number of nitrogens with zero attached hydrogens (tertiary/aromatic N) is 1. The molecule has 0 spiro atoms. The molecule has 1 fully saturated rings. The van der Waals surface area contributed by atoms with Gasteiger partial charge in [-0.2, -0.15) is 0 Å². The average molecular weight is 444 g/mol. The zero-order valence-corrected chi connectivity index (χ0v) is 17.3. The van der Waals surface area contributed by atoms with Crippen molar-refractivity contribution >= 4 is 29.6 Å². The van der Waals surface area contributed by atoms with Crippen molar-refractivity contribution in [3.05, 3.63) is 0 Å². The Morgan fingerprint density at radius 2 is 1.77 bits per heavy atom. The quantitative estimate of drug-likeness (QED) is 0.139. The van der Waals surface area contributed by atoms with Gasteiger partial charge in [-0.25, -0.2) is 4.79 Å². The Labute approximate surface area is 179 Å². The SMILES string of the molecule is NCCCCC(NC(=O)C(CC(N)=O)NC(=O)C1CCCN1C(=O)C(N)CO)C(=O)O. The van der Waals surface area contributed by atoms with E-state index in [4.69, 9.17) is 22.3 Å². The molecule has 13 heteroatoms. The first-order valence-corrected chi connectivity index (χ1v) is 10.1. The van der Waals surface area contributed by atoms with E-state index in [-0.39, 0.29) is 13.0 Å². The zero-order valence-electron chi connectivity index (χ0n) is 17.3. The van der Waals surface area contributed by atoms with E-state index >= 15 is 0 Å². The van der Waals surface area contributed by atoms with E-state index in [0.29, 0.717) is 32.2 Å². The highest BCUT2D eigenvalue weighted by molar-refractivity contribution is 5.96. The van der Waals surface area contributed by atoms with Crippen LogP contribution in [0, 0.1) is 0 Å². The molecule has 4 atom stereocenters. The summed E-state index contributed by atoms with van der Waals surface area (Å²) >= 11 is 0. The van der Waals surface area contributed by atoms with E-state index in [1.165, 1.54) is 4.90 Å². The maximum absolute atomic E-state index is 12.7. The van der Waals surface area contributed by atoms with Crippen molar-refractivity contribution in [1.82, 2.24) is 15.5 Å². The number of likely N-dealkylation sites (tertiary alicyclic amines) is 1. The third-order valence-electron chi connectivity index (χ3n) is 4.95. The van der Waals surface area contributed by atoms with Gasteiger partial charge in [-0.15, -0.1) is 0 Å². The molecule has 0 aromatic heterocycles. The second-order valence-electron chi connectivity index (χ2n) is 7.39. The van der Waals surface area contributed by atoms with Crippen molar-refractivity contribution in [2.75, 3.05) is 19.7 Å². The number of hydrogen-bond acceptors (Lipinski definition) is 8. The number of carbonyl (C=O) groups excluding carboxylic acids is 4. The van der Waals surface area contributed by atoms with Crippen LogP contribution in [0.3, 0.4) is 0 Å². The topological polar surface area (TPSA) is 231 Å². The molecule has 0 bridgehead atoms. The number of nitrogens with one attached hydrogen (secondary N) is 2. The highest BCUT2D eigenvalue weighted by Gasteiger charge is 2.38. The smallest absolute Gasteiger partial charge is 0.326 e. The second-order valence-corrected chi connectivity index (χ2v) is 7.39. The Morgan fingerprint density at radius 3 is 2.32 bits per heavy atom. The van der Waals surface area contributed by atoms with Gasteiger partial charge in [-0.1, -0.05) is 0 Å². The first-order chi connectivity index (χ1) is 14.6. The van der Waals surface area contributed by atoms with Crippen molar-refractivity contribution in [2.24, 2.45) is 17.2 Å². The number of carbonyl (C=O) groups is 5. The van der Waals surface area contributed by atoms with Crippen molar-refractivity contribution < 1.29 is 34.2 Å². The van der Waals surface area contributed by atoms with E-state index in [1.807, 2.05) is 0 Å². The highest BCUT2D eigenvalue weighted by atomic mass is 16.4. The van der Waals surface area contributed by atoms with Crippen LogP contribution in [0.25, 0.3) is 0 Å². The molecule has 0 radical (unpaired) electrons. The van der Waals surface area contributed by atoms with Gasteiger partial charge < -0.3 is 42.9 Å². The van der Waals surface area contributed by atoms with E-state index in [0.717, 1.165) is 0 Å². The molecule has 1 rings (SSSR count). The molecule has 0 aromatic rings. The van der Waals surface area contributed by atoms with Gasteiger partial charge in [-0.05, 0) is 38.6 Å². The Bertz CT molecular complexity index is 674. The number of hydrogen-bond donors (Lipinski definition) is 7. The van der Waals surface area contributed by atoms with Gasteiger partial charge >= 0.3 is 5.97 Å². The summed E-state index contributed by atoms with van der Waals surface area (Å²) in [6.45, 7) is 0.0356. The third kappa shape index (κ3) is 8.11. The first-order valence-electron chi connectivity index (χ1n) is 10.1. The van der Waals surface area contributed by atoms with Crippen LogP contribution < -0.4 is 27.8 Å². The third-order valence-corrected chi connectivity index (χ3v) is 4.95. The summed E-state index contributed by atoms with van der Waals surface area (Å²) < 4.78 is 0. The van der Waals surface area contributed by atoms with Crippen LogP contribution in [0.2, 0.25) is 0 Å². The molecule has 4 amide bonds. The van der Waals surface area contributed by atoms with Gasteiger partial charge in [0, 0.05) is 6.54 Å². The summed E-state index contributed by atoms with van der Waals surface area (Å²) in [4.78, 5) is 61.6. The lowest BCUT2D eigenvalue weighted by atomic mass is 10.1. The minimum absolute atomic E-state index is 0.124. The largest absolute Gasteiger partial charge is 0.480 e. The maximum Gasteiger partial charge on any atom is 0.326 e. The fourth-order valence-electron chi connectivity index (χ4n) is 3.30. The van der Waals surface area contributed by atoms with Crippen LogP contribution >= 0.6 is 0 Å². The zero-order chi connectivity index (χ0) is 23.6. The predicted molar refractivity (Wildman–Crippen MR) is 108 cm³/mol. The molecule has 4 unspecified atom stereocenters. The maximum atomic E-state index is 12.7. The van der Waals surface area contributed by atoms with Crippen LogP contribution in [-0.4, -0.2) is 88.6 Å². The standard InChI is InChI=1S/C18H32N6O7/c19-6-2-1-4-11(18(30)31)22-15(27)12(8-14(21)26)23-16(28)13-5-3-7-24(13)17(29)10(20)9-25/h10-13,25H,1-9,19-20H2,(H2,21,26)(H,22,27)(H,23,28)(H,30,31). The second kappa shape index (κ2) is 12.8. The van der Waals surface area contributed by atoms with Crippen LogP contribution in [0.1, 0.15) is 38.5 Å². The molecule has 31 heavy (non-hydrogen) atoms. The van der Waals surface area contributed by atoms with E-state index in [1.54, 1.807) is 0 Å². The number of aliphatic hydroxyl groups excluding tert-OH is 1. The molecule has 10 N–H and O–H groups in total. The van der Waals surface area contributed by atoms with Crippen molar-refractivity contribution in [2.45, 2.75) is 62.7 Å². The number of aliphatic carboxylic acids is 1. The molecular weight excluding hydrogens is 412 g/mol. The Morgan fingerprint density at radius 1 is 1.10 bits per heavy atom. The fraction of sp³-hybridized carbons (Fsp3) is 0.722. The molecule has 176 valence electrons. The highest BCUT2D eigenvalue weighted by Crippen LogP contribution is 2.18. The number of nitrogens with two attached hydrogens (primary N) is 3. The van der Waals surface area contributed by atoms with Crippen molar-refractivity contribution in [3.8, 4) is 0 Å². The minimum Gasteiger partial charge on any atom is -0.480 e. The first kappa shape index (κ1) is 26.3. The summed E-state index contributed by atoms with van der Waals surface area (Å²) in [6.07, 6.45) is 1.42. The van der Waals surface area contributed by atoms with Crippen LogP contribution in [0.15, 0.2) is 0 Å². The Balaban J connectivity index is 2.87.